The number of hydrogen-bond donors (Lipinski definition) is 1. The molecule has 7 nitrogen and oxygen atoms in total. The molecule has 0 aliphatic carbocycles. The highest BCUT2D eigenvalue weighted by Gasteiger charge is 2.31. The largest absolute Gasteiger partial charge is 0.356 e. The van der Waals surface area contributed by atoms with Gasteiger partial charge in [-0.25, -0.2) is 9.37 Å². The van der Waals surface area contributed by atoms with Crippen LogP contribution in [0.4, 0.5) is 16.2 Å². The first-order valence-corrected chi connectivity index (χ1v) is 13.8. The lowest BCUT2D eigenvalue weighted by atomic mass is 10.0. The van der Waals surface area contributed by atoms with Crippen LogP contribution >= 0.6 is 0 Å². The van der Waals surface area contributed by atoms with Gasteiger partial charge < -0.3 is 15.1 Å². The molecule has 3 aliphatic heterocycles. The molecule has 3 fully saturated rings. The van der Waals surface area contributed by atoms with Crippen LogP contribution in [0.15, 0.2) is 36.5 Å². The fraction of sp³-hybridized carbons (Fsp3) is 0.607. The van der Waals surface area contributed by atoms with Gasteiger partial charge >= 0.3 is 0 Å². The number of hydrogen-bond acceptors (Lipinski definition) is 6. The Hall–Kier alpha value is -2.74. The second kappa shape index (κ2) is 12.0. The molecule has 5 rings (SSSR count). The number of aromatic nitrogens is 2. The smallest absolute Gasteiger partial charge is 0.256 e. The fourth-order valence-electron chi connectivity index (χ4n) is 5.94. The molecule has 3 saturated heterocycles. The molecule has 194 valence electrons. The predicted molar refractivity (Wildman–Crippen MR) is 141 cm³/mol. The molecular weight excluding hydrogens is 455 g/mol. The molecule has 1 N–H and O–H groups in total. The van der Waals surface area contributed by atoms with Gasteiger partial charge in [0.05, 0.1) is 5.56 Å². The Morgan fingerprint density at radius 2 is 1.69 bits per heavy atom. The zero-order valence-corrected chi connectivity index (χ0v) is 21.2. The van der Waals surface area contributed by atoms with Gasteiger partial charge in [0.15, 0.2) is 0 Å². The van der Waals surface area contributed by atoms with Gasteiger partial charge in [0.25, 0.3) is 5.91 Å². The van der Waals surface area contributed by atoms with E-state index in [1.807, 2.05) is 17.2 Å². The van der Waals surface area contributed by atoms with E-state index in [1.54, 1.807) is 18.2 Å². The van der Waals surface area contributed by atoms with Crippen LogP contribution in [0.5, 0.6) is 0 Å². The summed E-state index contributed by atoms with van der Waals surface area (Å²) in [5, 5.41) is 3.63. The normalized spacial score (nSPS) is 24.1. The number of halogens is 1. The monoisotopic (exact) mass is 494 g/mol. The number of rotatable bonds is 5. The molecular formula is C28H39FN6O. The number of amides is 1. The minimum absolute atomic E-state index is 0.176. The molecule has 1 aromatic carbocycles. The predicted octanol–water partition coefficient (Wildman–Crippen LogP) is 4.57. The molecule has 0 bridgehead atoms. The molecule has 2 aromatic rings. The van der Waals surface area contributed by atoms with E-state index in [9.17, 15) is 9.18 Å². The Labute approximate surface area is 214 Å². The third kappa shape index (κ3) is 6.14. The van der Waals surface area contributed by atoms with Gasteiger partial charge in [0.2, 0.25) is 5.95 Å². The fourth-order valence-corrected chi connectivity index (χ4v) is 5.94. The summed E-state index contributed by atoms with van der Waals surface area (Å²) in [4.78, 5) is 29.2. The first-order valence-electron chi connectivity index (χ1n) is 13.8. The highest BCUT2D eigenvalue weighted by atomic mass is 19.1. The van der Waals surface area contributed by atoms with Gasteiger partial charge in [-0.15, -0.1) is 0 Å². The summed E-state index contributed by atoms with van der Waals surface area (Å²) in [6.45, 7) is 5.41. The van der Waals surface area contributed by atoms with Crippen LogP contribution in [0.2, 0.25) is 0 Å². The Kier molecular flexibility index (Phi) is 8.31. The van der Waals surface area contributed by atoms with E-state index in [0.717, 1.165) is 64.1 Å². The molecule has 36 heavy (non-hydrogen) atoms. The van der Waals surface area contributed by atoms with Crippen molar-refractivity contribution in [3.63, 3.8) is 0 Å². The van der Waals surface area contributed by atoms with Crippen molar-refractivity contribution in [2.45, 2.75) is 69.9 Å². The maximum atomic E-state index is 14.2. The second-order valence-electron chi connectivity index (χ2n) is 10.5. The summed E-state index contributed by atoms with van der Waals surface area (Å²) >= 11 is 0. The molecule has 1 amide bonds. The van der Waals surface area contributed by atoms with Gasteiger partial charge in [0.1, 0.15) is 11.6 Å². The number of benzene rings is 1. The molecule has 0 spiro atoms. The SMILES string of the molecule is O=C(c1ccccc1F)N1CCCC(N2CCCCC(Nc3nccc(N4CCCCCC4)n3)C2)C1. The van der Waals surface area contributed by atoms with Crippen LogP contribution in [-0.4, -0.2) is 77.0 Å². The lowest BCUT2D eigenvalue weighted by Gasteiger charge is -2.40. The van der Waals surface area contributed by atoms with E-state index in [2.05, 4.69) is 20.1 Å². The zero-order chi connectivity index (χ0) is 24.7. The Morgan fingerprint density at radius 1 is 0.889 bits per heavy atom. The molecule has 4 heterocycles. The number of piperidine rings is 1. The Balaban J connectivity index is 1.22. The second-order valence-corrected chi connectivity index (χ2v) is 10.5. The summed E-state index contributed by atoms with van der Waals surface area (Å²) < 4.78 is 14.2. The average molecular weight is 495 g/mol. The molecule has 2 atom stereocenters. The van der Waals surface area contributed by atoms with E-state index in [0.29, 0.717) is 25.1 Å². The molecule has 0 saturated carbocycles. The van der Waals surface area contributed by atoms with E-state index in [4.69, 9.17) is 4.98 Å². The summed E-state index contributed by atoms with van der Waals surface area (Å²) in [6, 6.07) is 8.90. The van der Waals surface area contributed by atoms with Crippen molar-refractivity contribution in [1.29, 1.82) is 0 Å². The molecule has 3 aliphatic rings. The molecule has 8 heteroatoms. The quantitative estimate of drug-likeness (QED) is 0.657. The van der Waals surface area contributed by atoms with Crippen LogP contribution in [0, 0.1) is 5.82 Å². The minimum Gasteiger partial charge on any atom is -0.356 e. The Morgan fingerprint density at radius 3 is 2.53 bits per heavy atom. The summed E-state index contributed by atoms with van der Waals surface area (Å²) in [5.74, 6) is 1.10. The molecule has 1 aromatic heterocycles. The first-order chi connectivity index (χ1) is 17.7. The summed E-state index contributed by atoms with van der Waals surface area (Å²) in [7, 11) is 0. The van der Waals surface area contributed by atoms with Crippen LogP contribution in [0.25, 0.3) is 0 Å². The van der Waals surface area contributed by atoms with Gasteiger partial charge in [-0.3, -0.25) is 9.69 Å². The number of anilines is 2. The highest BCUT2D eigenvalue weighted by molar-refractivity contribution is 5.94. The molecule has 0 radical (unpaired) electrons. The number of likely N-dealkylation sites (tertiary alicyclic amines) is 2. The van der Waals surface area contributed by atoms with Crippen molar-refractivity contribution in [2.75, 3.05) is 49.5 Å². The van der Waals surface area contributed by atoms with E-state index < -0.39 is 5.82 Å². The number of nitrogens with zero attached hydrogens (tertiary/aromatic N) is 5. The average Bonchev–Trinajstić information content (AvgIpc) is 3.33. The highest BCUT2D eigenvalue weighted by Crippen LogP contribution is 2.24. The van der Waals surface area contributed by atoms with E-state index in [1.165, 1.54) is 31.7 Å². The lowest BCUT2D eigenvalue weighted by molar-refractivity contribution is 0.0571. The number of carbonyl (C=O) groups is 1. The van der Waals surface area contributed by atoms with Gasteiger partial charge in [-0.05, 0) is 63.3 Å². The van der Waals surface area contributed by atoms with Gasteiger partial charge in [-0.1, -0.05) is 31.4 Å². The van der Waals surface area contributed by atoms with Crippen molar-refractivity contribution >= 4 is 17.7 Å². The number of carbonyl (C=O) groups excluding carboxylic acids is 1. The third-order valence-corrected chi connectivity index (χ3v) is 7.91. The topological polar surface area (TPSA) is 64.6 Å². The standard InChI is InChI=1S/C28H39FN6O/c29-25-13-4-3-12-24(25)27(36)35-19-9-11-23(21-35)34-18-8-5-10-22(20-34)31-28-30-15-14-26(32-28)33-16-6-1-2-7-17-33/h3-4,12-15,22-23H,1-2,5-11,16-21H2,(H,30,31,32). The van der Waals surface area contributed by atoms with Crippen molar-refractivity contribution in [2.24, 2.45) is 0 Å². The maximum absolute atomic E-state index is 14.2. The zero-order valence-electron chi connectivity index (χ0n) is 21.2. The lowest BCUT2D eigenvalue weighted by Crippen LogP contribution is -2.52. The summed E-state index contributed by atoms with van der Waals surface area (Å²) in [6.07, 6.45) is 12.3. The van der Waals surface area contributed by atoms with Crippen LogP contribution in [0.1, 0.15) is 68.1 Å². The third-order valence-electron chi connectivity index (χ3n) is 7.91. The maximum Gasteiger partial charge on any atom is 0.256 e. The number of nitrogens with one attached hydrogen (secondary N) is 1. The van der Waals surface area contributed by atoms with E-state index >= 15 is 0 Å². The molecule has 2 unspecified atom stereocenters. The van der Waals surface area contributed by atoms with E-state index in [-0.39, 0.29) is 17.5 Å². The summed E-state index contributed by atoms with van der Waals surface area (Å²) in [5.41, 5.74) is 0.176. The van der Waals surface area contributed by atoms with Crippen LogP contribution in [-0.2, 0) is 0 Å². The Bertz CT molecular complexity index is 1010. The van der Waals surface area contributed by atoms with Crippen molar-refractivity contribution in [3.05, 3.63) is 47.9 Å². The minimum atomic E-state index is -0.439. The van der Waals surface area contributed by atoms with Gasteiger partial charge in [0, 0.05) is 51.0 Å². The van der Waals surface area contributed by atoms with Crippen molar-refractivity contribution < 1.29 is 9.18 Å². The van der Waals surface area contributed by atoms with Crippen molar-refractivity contribution in [1.82, 2.24) is 19.8 Å². The van der Waals surface area contributed by atoms with Crippen LogP contribution in [0.3, 0.4) is 0 Å². The van der Waals surface area contributed by atoms with Gasteiger partial charge in [-0.2, -0.15) is 4.98 Å². The first kappa shape index (κ1) is 24.9. The van der Waals surface area contributed by atoms with Crippen LogP contribution < -0.4 is 10.2 Å². The van der Waals surface area contributed by atoms with Crippen molar-refractivity contribution in [3.8, 4) is 0 Å².